The van der Waals surface area contributed by atoms with Crippen LogP contribution in [0.25, 0.3) is 0 Å². The van der Waals surface area contributed by atoms with Crippen molar-refractivity contribution in [3.63, 3.8) is 0 Å². The predicted molar refractivity (Wildman–Crippen MR) is 282 cm³/mol. The van der Waals surface area contributed by atoms with Crippen LogP contribution < -0.4 is 10.2 Å². The molecular weight excluding hydrogens is 1020 g/mol. The minimum absolute atomic E-state index is 0.130. The van der Waals surface area contributed by atoms with Gasteiger partial charge in [-0.15, -0.1) is 0 Å². The quantitative estimate of drug-likeness (QED) is 0.0875. The number of quaternary nitrogens is 2. The zero-order valence-electron chi connectivity index (χ0n) is 45.7. The van der Waals surface area contributed by atoms with E-state index < -0.39 is 165 Å². The van der Waals surface area contributed by atoms with Gasteiger partial charge in [0.2, 0.25) is 5.91 Å². The molecule has 14 N–H and O–H groups in total. The van der Waals surface area contributed by atoms with Gasteiger partial charge in [0.1, 0.15) is 24.2 Å². The summed E-state index contributed by atoms with van der Waals surface area (Å²) in [5, 5.41) is 123. The van der Waals surface area contributed by atoms with Crippen LogP contribution in [-0.4, -0.2) is 216 Å². The number of amides is 2. The highest BCUT2D eigenvalue weighted by atomic mass is 16.7. The average molecular weight is 1110 g/mol. The summed E-state index contributed by atoms with van der Waals surface area (Å²) in [6.45, 7) is 7.67. The molecule has 0 spiro atoms. The number of carboxylic acid groups (broad SMARTS) is 1. The number of hydrogen-bond donors (Lipinski definition) is 13. The maximum absolute atomic E-state index is 13.5. The number of rotatable bonds is 9. The zero-order chi connectivity index (χ0) is 57.9. The number of imide groups is 1. The minimum Gasteiger partial charge on any atom is -0.481 e. The lowest BCUT2D eigenvalue weighted by molar-refractivity contribution is -0.858. The molecule has 0 aromatic heterocycles. The molecule has 4 rings (SSSR count). The number of nitrogens with zero attached hydrogens (tertiary/aromatic N) is 1. The van der Waals surface area contributed by atoms with Crippen molar-refractivity contribution in [2.24, 2.45) is 17.8 Å². The minimum atomic E-state index is -2.39. The van der Waals surface area contributed by atoms with Crippen LogP contribution >= 0.6 is 0 Å². The Kier molecular flexibility index (Phi) is 27.3. The molecule has 3 saturated heterocycles. The maximum atomic E-state index is 13.5. The fourth-order valence-electron chi connectivity index (χ4n) is 10.1. The molecule has 78 heavy (non-hydrogen) atoms. The van der Waals surface area contributed by atoms with Crippen LogP contribution in [0.15, 0.2) is 85.1 Å². The van der Waals surface area contributed by atoms with Crippen molar-refractivity contribution in [2.45, 2.75) is 195 Å². The maximum Gasteiger partial charge on any atom is 0.311 e. The van der Waals surface area contributed by atoms with Gasteiger partial charge in [0.15, 0.2) is 24.2 Å². The second-order valence-electron chi connectivity index (χ2n) is 21.8. The highest BCUT2D eigenvalue weighted by Gasteiger charge is 2.53. The Balaban J connectivity index is 1.59. The van der Waals surface area contributed by atoms with Crippen molar-refractivity contribution in [2.75, 3.05) is 27.2 Å². The van der Waals surface area contributed by atoms with Crippen LogP contribution in [0.3, 0.4) is 0 Å². The van der Waals surface area contributed by atoms with Gasteiger partial charge in [-0.05, 0) is 33.1 Å². The highest BCUT2D eigenvalue weighted by molar-refractivity contribution is 6.04. The van der Waals surface area contributed by atoms with Gasteiger partial charge in [-0.2, -0.15) is 0 Å². The van der Waals surface area contributed by atoms with E-state index in [9.17, 15) is 75.3 Å². The number of likely N-dealkylation sites (tertiary alicyclic amines) is 1. The van der Waals surface area contributed by atoms with E-state index in [0.717, 1.165) is 11.4 Å². The Morgan fingerprint density at radius 1 is 0.705 bits per heavy atom. The molecule has 3 fully saturated rings. The van der Waals surface area contributed by atoms with Crippen LogP contribution in [-0.2, 0) is 38.1 Å². The molecule has 22 heteroatoms. The van der Waals surface area contributed by atoms with E-state index in [0.29, 0.717) is 6.42 Å². The lowest BCUT2D eigenvalue weighted by atomic mass is 9.82. The number of fused-ring (bicyclic) bond motifs is 2. The van der Waals surface area contributed by atoms with E-state index in [4.69, 9.17) is 18.9 Å². The van der Waals surface area contributed by atoms with Crippen LogP contribution in [0.2, 0.25) is 0 Å². The van der Waals surface area contributed by atoms with Crippen molar-refractivity contribution >= 4 is 23.8 Å². The van der Waals surface area contributed by atoms with Crippen molar-refractivity contribution in [1.29, 1.82) is 0 Å². The first-order valence-corrected chi connectivity index (χ1v) is 27.2. The molecule has 0 aliphatic carbocycles. The molecule has 0 aromatic carbocycles. The van der Waals surface area contributed by atoms with Gasteiger partial charge < -0.3 is 85.3 Å². The first kappa shape index (κ1) is 66.2. The van der Waals surface area contributed by atoms with Crippen LogP contribution in [0.1, 0.15) is 91.9 Å². The first-order chi connectivity index (χ1) is 36.8. The third-order valence-electron chi connectivity index (χ3n) is 14.8. The number of esters is 1. The monoisotopic (exact) mass is 1110 g/mol. The fourth-order valence-corrected chi connectivity index (χ4v) is 10.1. The molecule has 22 nitrogen and oxygen atoms in total. The Morgan fingerprint density at radius 3 is 1.91 bits per heavy atom. The number of nitrogens with one attached hydrogen (secondary N) is 1. The summed E-state index contributed by atoms with van der Waals surface area (Å²) in [6.07, 6.45) is 2.52. The van der Waals surface area contributed by atoms with Crippen LogP contribution in [0, 0.1) is 17.8 Å². The summed E-state index contributed by atoms with van der Waals surface area (Å²) in [5.74, 6) is -7.88. The summed E-state index contributed by atoms with van der Waals surface area (Å²) in [6, 6.07) is -2.08. The Bertz CT molecular complexity index is 2120. The second kappa shape index (κ2) is 32.2. The number of carbonyl (C=O) groups excluding carboxylic acids is 3. The smallest absolute Gasteiger partial charge is 0.311 e. The molecule has 0 aromatic rings. The van der Waals surface area contributed by atoms with Crippen LogP contribution in [0.4, 0.5) is 0 Å². The summed E-state index contributed by atoms with van der Waals surface area (Å²) in [7, 11) is 3.91. The molecule has 4 aliphatic heterocycles. The Labute approximate surface area is 457 Å². The highest BCUT2D eigenvalue weighted by Crippen LogP contribution is 2.38. The van der Waals surface area contributed by atoms with Gasteiger partial charge in [0.05, 0.1) is 94.5 Å². The summed E-state index contributed by atoms with van der Waals surface area (Å²) < 4.78 is 23.8. The molecule has 2 amide bonds. The number of allylic oxidation sites excluding steroid dienone is 12. The zero-order valence-corrected chi connectivity index (χ0v) is 45.7. The van der Waals surface area contributed by atoms with Crippen molar-refractivity contribution in [3.05, 3.63) is 85.1 Å². The number of aliphatic carboxylic acids is 1. The molecule has 2 bridgehead atoms. The SMILES string of the molecule is C[C@@H]1[C@H](O)[C@@H](C)\C=C/C=C\C=C/C=C\C=C/C=C\C=C/[C@H](O[C@@H]2O[C@H](C)[C@@H](O)[C@H]([NH2+]C3CC(=O)N(CCC[NH+](C)C)C3=O)[C@@H]2O)C[C@@H]2O[C@](O)(C[C@@H](O)C[C@@H](O)[C@H](O)CC[C@@H](O)C[C@@H](O)CC(=O)O[C@H]1C)C[C@H](O)[C@H]2C(=O)O. The number of ether oxygens (including phenoxy) is 4. The van der Waals surface area contributed by atoms with E-state index in [-0.39, 0.29) is 44.1 Å². The van der Waals surface area contributed by atoms with Gasteiger partial charge >= 0.3 is 11.9 Å². The van der Waals surface area contributed by atoms with Gasteiger partial charge in [0, 0.05) is 50.5 Å². The molecule has 440 valence electrons. The number of aliphatic hydroxyl groups is 10. The number of carboxylic acids is 1. The number of carbonyl (C=O) groups is 4. The van der Waals surface area contributed by atoms with E-state index in [1.807, 2.05) is 27.1 Å². The molecule has 0 saturated carbocycles. The van der Waals surface area contributed by atoms with Crippen LogP contribution in [0.5, 0.6) is 0 Å². The molecular formula is C56H89N3O19+2. The Hall–Kier alpha value is -4.34. The van der Waals surface area contributed by atoms with E-state index >= 15 is 0 Å². The number of hydrogen-bond acceptors (Lipinski definition) is 18. The number of cyclic esters (lactones) is 1. The summed E-state index contributed by atoms with van der Waals surface area (Å²) >= 11 is 0. The summed E-state index contributed by atoms with van der Waals surface area (Å²) in [4.78, 5) is 54.2. The number of aliphatic hydroxyl groups excluding tert-OH is 9. The summed E-state index contributed by atoms with van der Waals surface area (Å²) in [5.41, 5.74) is 0. The van der Waals surface area contributed by atoms with Gasteiger partial charge in [-0.3, -0.25) is 24.1 Å². The van der Waals surface area contributed by atoms with Gasteiger partial charge in [-0.1, -0.05) is 98.9 Å². The van der Waals surface area contributed by atoms with Gasteiger partial charge in [0.25, 0.3) is 5.91 Å². The van der Waals surface area contributed by atoms with E-state index in [2.05, 4.69) is 0 Å². The van der Waals surface area contributed by atoms with Crippen molar-refractivity contribution < 1.29 is 105 Å². The average Bonchev–Trinajstić information content (AvgIpc) is 3.66. The molecule has 1 unspecified atom stereocenters. The largest absolute Gasteiger partial charge is 0.481 e. The molecule has 0 radical (unpaired) electrons. The van der Waals surface area contributed by atoms with Crippen molar-refractivity contribution in [3.8, 4) is 0 Å². The second-order valence-corrected chi connectivity index (χ2v) is 21.8. The topological polar surface area (TPSA) is 352 Å². The lowest BCUT2D eigenvalue weighted by Gasteiger charge is -2.45. The lowest BCUT2D eigenvalue weighted by Crippen LogP contribution is -3.05. The Morgan fingerprint density at radius 2 is 1.31 bits per heavy atom. The third-order valence-corrected chi connectivity index (χ3v) is 14.8. The number of nitrogens with two attached hydrogens (primary N) is 1. The van der Waals surface area contributed by atoms with Gasteiger partial charge in [-0.25, -0.2) is 0 Å². The van der Waals surface area contributed by atoms with E-state index in [1.54, 1.807) is 86.8 Å². The predicted octanol–water partition coefficient (Wildman–Crippen LogP) is -2.02. The first-order valence-electron chi connectivity index (χ1n) is 27.2. The normalized spacial score (nSPS) is 42.0. The standard InChI is InChI=1S/C56H87N3O19/c1-33-20-17-15-13-11-9-7-8-10-12-14-16-18-21-40(77-55-52(70)49(51(69)36(4)76-55)57-41-30-46(66)59(53(41)71)25-19-24-58(5)6)29-45-48(54(72)73)44(65)32-56(74,78-45)31-39(62)27-43(64)42(63)23-22-37(60)26-38(61)28-47(67)75-35(3)34(2)50(33)68/h7-18,20-21,33-45,48-52,55,57,60-65,68-70,74H,19,22-32H2,1-6H3,(H,72,73)/p+2/b8-7-,11-9-,12-10-,15-13-,16-14-,20-17-,21-18-/t33-,34-,35-,36+,37+,38+,39-,40-,41?,42+,43+,44-,45-,48+,49-,50+,51+,52-,55-,56+/m0/s1. The third kappa shape index (κ3) is 21.0. The fraction of sp³-hybridized carbons (Fsp3) is 0.679. The van der Waals surface area contributed by atoms with Crippen molar-refractivity contribution in [1.82, 2.24) is 4.90 Å². The molecule has 20 atom stereocenters. The molecule has 4 heterocycles. The molecule has 4 aliphatic rings. The van der Waals surface area contributed by atoms with E-state index in [1.165, 1.54) is 23.2 Å².